The zero-order valence-corrected chi connectivity index (χ0v) is 7.91. The molecule has 3 nitrogen and oxygen atoms in total. The minimum Gasteiger partial charge on any atom is -0.313 e. The van der Waals surface area contributed by atoms with E-state index in [1.807, 2.05) is 25.7 Å². The number of aliphatic imine (C=N–C) groups is 1. The Hall–Kier alpha value is -1.22. The van der Waals surface area contributed by atoms with Crippen LogP contribution in [0.25, 0.3) is 0 Å². The molecule has 0 amide bonds. The second-order valence-corrected chi connectivity index (χ2v) is 3.28. The van der Waals surface area contributed by atoms with Crippen LogP contribution in [-0.2, 0) is 6.54 Å². The van der Waals surface area contributed by atoms with Crippen molar-refractivity contribution in [1.29, 1.82) is 0 Å². The summed E-state index contributed by atoms with van der Waals surface area (Å²) in [5.74, 6) is 0. The van der Waals surface area contributed by atoms with Gasteiger partial charge in [0.05, 0.1) is 6.54 Å². The van der Waals surface area contributed by atoms with Crippen molar-refractivity contribution in [2.24, 2.45) is 4.99 Å². The van der Waals surface area contributed by atoms with Gasteiger partial charge in [0, 0.05) is 30.2 Å². The molecule has 1 N–H and O–H groups in total. The summed E-state index contributed by atoms with van der Waals surface area (Å²) in [6.45, 7) is 2.94. The molecule has 0 radical (unpaired) electrons. The Labute approximate surface area is 77.9 Å². The van der Waals surface area contributed by atoms with Gasteiger partial charge in [-0.2, -0.15) is 0 Å². The van der Waals surface area contributed by atoms with Gasteiger partial charge >= 0.3 is 0 Å². The molecule has 1 aromatic rings. The fourth-order valence-electron chi connectivity index (χ4n) is 1.58. The van der Waals surface area contributed by atoms with Crippen molar-refractivity contribution in [2.75, 3.05) is 7.05 Å². The maximum Gasteiger partial charge on any atom is 0.0650 e. The Bertz CT molecular complexity index is 344. The molecule has 1 aliphatic rings. The summed E-state index contributed by atoms with van der Waals surface area (Å²) in [7, 11) is 1.96. The number of fused-ring (bicyclic) bond motifs is 1. The fraction of sp³-hybridized carbons (Fsp3) is 0.400. The molecule has 1 atom stereocenters. The van der Waals surface area contributed by atoms with E-state index in [2.05, 4.69) is 22.2 Å². The van der Waals surface area contributed by atoms with Gasteiger partial charge in [0.2, 0.25) is 0 Å². The summed E-state index contributed by atoms with van der Waals surface area (Å²) in [4.78, 5) is 8.43. The van der Waals surface area contributed by atoms with Gasteiger partial charge in [-0.1, -0.05) is 0 Å². The summed E-state index contributed by atoms with van der Waals surface area (Å²) in [6.07, 6.45) is 5.70. The van der Waals surface area contributed by atoms with Crippen LogP contribution in [-0.4, -0.2) is 18.2 Å². The first kappa shape index (κ1) is 8.38. The van der Waals surface area contributed by atoms with Crippen LogP contribution in [0.5, 0.6) is 0 Å². The van der Waals surface area contributed by atoms with Gasteiger partial charge in [0.15, 0.2) is 0 Å². The molecule has 13 heavy (non-hydrogen) atoms. The van der Waals surface area contributed by atoms with Crippen molar-refractivity contribution in [1.82, 2.24) is 10.3 Å². The lowest BCUT2D eigenvalue weighted by atomic mass is 10.0. The van der Waals surface area contributed by atoms with Crippen molar-refractivity contribution < 1.29 is 0 Å². The number of pyridine rings is 1. The third-order valence-corrected chi connectivity index (χ3v) is 2.50. The van der Waals surface area contributed by atoms with E-state index in [9.17, 15) is 0 Å². The third kappa shape index (κ3) is 1.35. The van der Waals surface area contributed by atoms with Crippen LogP contribution < -0.4 is 5.32 Å². The topological polar surface area (TPSA) is 37.3 Å². The number of hydrogen-bond donors (Lipinski definition) is 1. The average Bonchev–Trinajstić information content (AvgIpc) is 2.63. The van der Waals surface area contributed by atoms with E-state index in [0.29, 0.717) is 6.04 Å². The number of rotatable bonds is 2. The summed E-state index contributed by atoms with van der Waals surface area (Å²) in [6, 6.07) is 0.351. The Morgan fingerprint density at radius 2 is 2.31 bits per heavy atom. The summed E-state index contributed by atoms with van der Waals surface area (Å²) in [5, 5.41) is 3.22. The molecule has 0 saturated heterocycles. The molecule has 0 bridgehead atoms. The Kier molecular flexibility index (Phi) is 2.10. The van der Waals surface area contributed by atoms with Gasteiger partial charge in [-0.3, -0.25) is 9.98 Å². The highest BCUT2D eigenvalue weighted by Crippen LogP contribution is 2.22. The lowest BCUT2D eigenvalue weighted by molar-refractivity contribution is 0.642. The van der Waals surface area contributed by atoms with E-state index < -0.39 is 0 Å². The molecule has 68 valence electrons. The third-order valence-electron chi connectivity index (χ3n) is 2.50. The lowest BCUT2D eigenvalue weighted by Gasteiger charge is -2.13. The molecule has 0 spiro atoms. The van der Waals surface area contributed by atoms with Crippen molar-refractivity contribution in [3.63, 3.8) is 0 Å². The van der Waals surface area contributed by atoms with E-state index in [1.165, 1.54) is 16.7 Å². The van der Waals surface area contributed by atoms with Crippen LogP contribution in [0.15, 0.2) is 17.4 Å². The molecular formula is C10H13N3. The number of nitrogens with one attached hydrogen (secondary N) is 1. The molecule has 1 unspecified atom stereocenters. The highest BCUT2D eigenvalue weighted by molar-refractivity contribution is 5.84. The second kappa shape index (κ2) is 3.26. The first-order chi connectivity index (χ1) is 6.33. The van der Waals surface area contributed by atoms with Gasteiger partial charge in [-0.25, -0.2) is 0 Å². The maximum atomic E-state index is 4.24. The van der Waals surface area contributed by atoms with Crippen LogP contribution in [0, 0.1) is 0 Å². The molecule has 0 aliphatic carbocycles. The minimum absolute atomic E-state index is 0.351. The van der Waals surface area contributed by atoms with Crippen molar-refractivity contribution in [2.45, 2.75) is 19.5 Å². The summed E-state index contributed by atoms with van der Waals surface area (Å²) < 4.78 is 0. The highest BCUT2D eigenvalue weighted by atomic mass is 14.9. The van der Waals surface area contributed by atoms with E-state index in [4.69, 9.17) is 0 Å². The van der Waals surface area contributed by atoms with E-state index in [-0.39, 0.29) is 0 Å². The zero-order valence-electron chi connectivity index (χ0n) is 7.91. The molecular weight excluding hydrogens is 162 g/mol. The van der Waals surface area contributed by atoms with Crippen LogP contribution in [0.2, 0.25) is 0 Å². The fourth-order valence-corrected chi connectivity index (χ4v) is 1.58. The van der Waals surface area contributed by atoms with Crippen LogP contribution in [0.3, 0.4) is 0 Å². The highest BCUT2D eigenvalue weighted by Gasteiger charge is 2.14. The van der Waals surface area contributed by atoms with Gasteiger partial charge in [0.1, 0.15) is 0 Å². The average molecular weight is 175 g/mol. The monoisotopic (exact) mass is 175 g/mol. The molecule has 0 fully saturated rings. The second-order valence-electron chi connectivity index (χ2n) is 3.28. The molecule has 0 saturated carbocycles. The van der Waals surface area contributed by atoms with E-state index >= 15 is 0 Å². The molecule has 1 aromatic heterocycles. The van der Waals surface area contributed by atoms with Gasteiger partial charge < -0.3 is 5.32 Å². The van der Waals surface area contributed by atoms with Crippen LogP contribution in [0.4, 0.5) is 0 Å². The van der Waals surface area contributed by atoms with E-state index in [0.717, 1.165) is 6.54 Å². The number of aromatic nitrogens is 1. The number of nitrogens with zero attached hydrogens (tertiary/aromatic N) is 2. The summed E-state index contributed by atoms with van der Waals surface area (Å²) >= 11 is 0. The molecule has 2 rings (SSSR count). The summed E-state index contributed by atoms with van der Waals surface area (Å²) in [5.41, 5.74) is 3.74. The quantitative estimate of drug-likeness (QED) is 0.735. The Morgan fingerprint density at radius 3 is 3.08 bits per heavy atom. The lowest BCUT2D eigenvalue weighted by Crippen LogP contribution is -2.14. The smallest absolute Gasteiger partial charge is 0.0650 e. The molecule has 1 aliphatic heterocycles. The van der Waals surface area contributed by atoms with Crippen LogP contribution >= 0.6 is 0 Å². The van der Waals surface area contributed by atoms with E-state index in [1.54, 1.807) is 0 Å². The predicted molar refractivity (Wildman–Crippen MR) is 53.0 cm³/mol. The van der Waals surface area contributed by atoms with Crippen molar-refractivity contribution in [3.05, 3.63) is 29.1 Å². The standard InChI is InChI=1S/C10H13N3/c1-7(11-2)9-5-12-3-8-4-13-6-10(8)9/h3-5,7,11H,6H2,1-2H3. The Balaban J connectivity index is 2.44. The zero-order chi connectivity index (χ0) is 9.26. The minimum atomic E-state index is 0.351. The largest absolute Gasteiger partial charge is 0.313 e. The first-order valence-corrected chi connectivity index (χ1v) is 4.47. The van der Waals surface area contributed by atoms with Gasteiger partial charge in [-0.15, -0.1) is 0 Å². The van der Waals surface area contributed by atoms with Crippen LogP contribution in [0.1, 0.15) is 29.7 Å². The predicted octanol–water partition coefficient (Wildman–Crippen LogP) is 1.29. The maximum absolute atomic E-state index is 4.24. The molecule has 0 aromatic carbocycles. The molecule has 2 heterocycles. The van der Waals surface area contributed by atoms with Gasteiger partial charge in [-0.05, 0) is 25.1 Å². The normalized spacial score (nSPS) is 15.8. The SMILES string of the molecule is CNC(C)c1cncc2c1CN=C2. The molecule has 3 heteroatoms. The Morgan fingerprint density at radius 1 is 1.46 bits per heavy atom. The van der Waals surface area contributed by atoms with Crippen molar-refractivity contribution in [3.8, 4) is 0 Å². The number of hydrogen-bond acceptors (Lipinski definition) is 3. The van der Waals surface area contributed by atoms with Crippen molar-refractivity contribution >= 4 is 6.21 Å². The first-order valence-electron chi connectivity index (χ1n) is 4.47. The van der Waals surface area contributed by atoms with Gasteiger partial charge in [0.25, 0.3) is 0 Å².